The van der Waals surface area contributed by atoms with Crippen LogP contribution in [0.2, 0.25) is 0 Å². The van der Waals surface area contributed by atoms with E-state index in [0.29, 0.717) is 30.5 Å². The van der Waals surface area contributed by atoms with Crippen LogP contribution in [-0.2, 0) is 16.0 Å². The van der Waals surface area contributed by atoms with Gasteiger partial charge < -0.3 is 20.4 Å². The zero-order valence-electron chi connectivity index (χ0n) is 20.3. The molecule has 1 saturated carbocycles. The van der Waals surface area contributed by atoms with Gasteiger partial charge in [-0.2, -0.15) is 4.98 Å². The van der Waals surface area contributed by atoms with E-state index in [9.17, 15) is 9.59 Å². The summed E-state index contributed by atoms with van der Waals surface area (Å²) in [6.07, 6.45) is 9.95. The van der Waals surface area contributed by atoms with Crippen molar-refractivity contribution < 1.29 is 9.59 Å². The molecule has 10 heteroatoms. The lowest BCUT2D eigenvalue weighted by molar-refractivity contribution is -0.122. The van der Waals surface area contributed by atoms with Crippen LogP contribution in [0, 0.1) is 5.92 Å². The molecule has 10 nitrogen and oxygen atoms in total. The lowest BCUT2D eigenvalue weighted by Crippen LogP contribution is -2.44. The first kappa shape index (κ1) is 23.5. The molecule has 4 heterocycles. The maximum Gasteiger partial charge on any atom is 0.230 e. The number of hydrogen-bond acceptors (Lipinski definition) is 8. The quantitative estimate of drug-likeness (QED) is 0.555. The molecule has 3 fully saturated rings. The Morgan fingerprint density at radius 1 is 1.11 bits per heavy atom. The van der Waals surface area contributed by atoms with Gasteiger partial charge in [0, 0.05) is 56.4 Å². The lowest BCUT2D eigenvalue weighted by Gasteiger charge is -2.33. The third-order valence-electron chi connectivity index (χ3n) is 7.40. The standard InChI is InChI=1S/C25H34N8O2/c1-31-10-12-32(13-11-31)21-6-7-22(27-16-21)29-25-28-15-19(14-18-8-9-26-24(18)35)23(30-25)33(17-34)20-4-2-3-5-20/h6-7,15-18,20H,2-5,8-14H2,1H3,(H,26,35)(H,27,28,29,30). The number of carbonyl (C=O) groups is 2. The second-order valence-corrected chi connectivity index (χ2v) is 9.79. The number of nitrogens with zero attached hydrogens (tertiary/aromatic N) is 6. The minimum Gasteiger partial charge on any atom is -0.368 e. The van der Waals surface area contributed by atoms with Crippen molar-refractivity contribution in [3.63, 3.8) is 0 Å². The highest BCUT2D eigenvalue weighted by atomic mass is 16.2. The third kappa shape index (κ3) is 5.37. The molecule has 2 aliphatic heterocycles. The van der Waals surface area contributed by atoms with Crippen molar-refractivity contribution in [2.75, 3.05) is 54.9 Å². The van der Waals surface area contributed by atoms with Crippen LogP contribution in [0.3, 0.4) is 0 Å². The summed E-state index contributed by atoms with van der Waals surface area (Å²) in [5.74, 6) is 1.58. The Balaban J connectivity index is 1.36. The van der Waals surface area contributed by atoms with Crippen LogP contribution in [0.4, 0.5) is 23.3 Å². The molecule has 0 radical (unpaired) electrons. The van der Waals surface area contributed by atoms with Gasteiger partial charge in [0.15, 0.2) is 0 Å². The first-order valence-electron chi connectivity index (χ1n) is 12.6. The Morgan fingerprint density at radius 3 is 2.57 bits per heavy atom. The minimum absolute atomic E-state index is 0.0568. The van der Waals surface area contributed by atoms with Crippen LogP contribution in [0.25, 0.3) is 0 Å². The highest BCUT2D eigenvalue weighted by molar-refractivity contribution is 5.82. The molecule has 0 aromatic carbocycles. The second kappa shape index (κ2) is 10.6. The molecule has 5 rings (SSSR count). The van der Waals surface area contributed by atoms with Crippen LogP contribution in [0.1, 0.15) is 37.7 Å². The van der Waals surface area contributed by atoms with E-state index in [0.717, 1.165) is 75.9 Å². The van der Waals surface area contributed by atoms with Crippen molar-refractivity contribution in [2.24, 2.45) is 5.92 Å². The van der Waals surface area contributed by atoms with Crippen molar-refractivity contribution in [3.8, 4) is 0 Å². The number of carbonyl (C=O) groups excluding carboxylic acids is 2. The summed E-state index contributed by atoms with van der Waals surface area (Å²) in [6, 6.07) is 4.12. The molecule has 1 atom stereocenters. The fourth-order valence-corrected chi connectivity index (χ4v) is 5.25. The largest absolute Gasteiger partial charge is 0.368 e. The number of nitrogens with one attached hydrogen (secondary N) is 2. The topological polar surface area (TPSA) is 107 Å². The molecular weight excluding hydrogens is 444 g/mol. The van der Waals surface area contributed by atoms with Crippen molar-refractivity contribution in [2.45, 2.75) is 44.6 Å². The summed E-state index contributed by atoms with van der Waals surface area (Å²) >= 11 is 0. The SMILES string of the molecule is CN1CCN(c2ccc(Nc3ncc(CC4CCNC4=O)c(N(C=O)C4CCCC4)n3)nc2)CC1. The van der Waals surface area contributed by atoms with E-state index in [-0.39, 0.29) is 17.9 Å². The minimum atomic E-state index is -0.114. The van der Waals surface area contributed by atoms with E-state index in [1.165, 1.54) is 0 Å². The molecule has 186 valence electrons. The number of piperazine rings is 1. The summed E-state index contributed by atoms with van der Waals surface area (Å²) in [5, 5.41) is 6.09. The van der Waals surface area contributed by atoms with E-state index in [2.05, 4.69) is 43.5 Å². The number of hydrogen-bond donors (Lipinski definition) is 2. The number of amides is 2. The molecule has 2 N–H and O–H groups in total. The fourth-order valence-electron chi connectivity index (χ4n) is 5.25. The van der Waals surface area contributed by atoms with E-state index >= 15 is 0 Å². The van der Waals surface area contributed by atoms with Crippen LogP contribution in [0.5, 0.6) is 0 Å². The summed E-state index contributed by atoms with van der Waals surface area (Å²) in [5.41, 5.74) is 1.93. The summed E-state index contributed by atoms with van der Waals surface area (Å²) in [7, 11) is 2.14. The monoisotopic (exact) mass is 478 g/mol. The van der Waals surface area contributed by atoms with Crippen molar-refractivity contribution >= 4 is 35.6 Å². The molecule has 2 amide bonds. The van der Waals surface area contributed by atoms with Crippen molar-refractivity contribution in [3.05, 3.63) is 30.1 Å². The number of anilines is 4. The van der Waals surface area contributed by atoms with Gasteiger partial charge in [-0.15, -0.1) is 0 Å². The van der Waals surface area contributed by atoms with Crippen molar-refractivity contribution in [1.82, 2.24) is 25.2 Å². The third-order valence-corrected chi connectivity index (χ3v) is 7.40. The van der Waals surface area contributed by atoms with Gasteiger partial charge in [0.1, 0.15) is 11.6 Å². The van der Waals surface area contributed by atoms with Gasteiger partial charge in [-0.05, 0) is 44.9 Å². The molecule has 2 saturated heterocycles. The zero-order chi connectivity index (χ0) is 24.2. The van der Waals surface area contributed by atoms with Crippen LogP contribution in [-0.4, -0.2) is 78.0 Å². The number of rotatable bonds is 8. The van der Waals surface area contributed by atoms with Crippen LogP contribution >= 0.6 is 0 Å². The molecule has 3 aliphatic rings. The predicted octanol–water partition coefficient (Wildman–Crippen LogP) is 1.95. The highest BCUT2D eigenvalue weighted by Gasteiger charge is 2.30. The zero-order valence-corrected chi connectivity index (χ0v) is 20.3. The Labute approximate surface area is 206 Å². The van der Waals surface area contributed by atoms with Gasteiger partial charge in [-0.25, -0.2) is 9.97 Å². The number of likely N-dealkylation sites (N-methyl/N-ethyl adjacent to an activating group) is 1. The molecule has 2 aromatic rings. The van der Waals surface area contributed by atoms with Crippen LogP contribution < -0.4 is 20.4 Å². The fraction of sp³-hybridized carbons (Fsp3) is 0.560. The first-order chi connectivity index (χ1) is 17.1. The van der Waals surface area contributed by atoms with Gasteiger partial charge in [0.05, 0.1) is 11.9 Å². The second-order valence-electron chi connectivity index (χ2n) is 9.79. The van der Waals surface area contributed by atoms with Crippen LogP contribution in [0.15, 0.2) is 24.5 Å². The van der Waals surface area contributed by atoms with E-state index in [1.807, 2.05) is 12.3 Å². The van der Waals surface area contributed by atoms with Gasteiger partial charge >= 0.3 is 0 Å². The average Bonchev–Trinajstić information content (AvgIpc) is 3.55. The summed E-state index contributed by atoms with van der Waals surface area (Å²) < 4.78 is 0. The molecule has 2 aromatic heterocycles. The number of pyridine rings is 1. The maximum absolute atomic E-state index is 12.2. The van der Waals surface area contributed by atoms with Gasteiger partial charge in [-0.1, -0.05) is 12.8 Å². The highest BCUT2D eigenvalue weighted by Crippen LogP contribution is 2.31. The smallest absolute Gasteiger partial charge is 0.230 e. The molecule has 0 spiro atoms. The first-order valence-corrected chi connectivity index (χ1v) is 12.6. The maximum atomic E-state index is 12.2. The Morgan fingerprint density at radius 2 is 1.91 bits per heavy atom. The summed E-state index contributed by atoms with van der Waals surface area (Å²) in [4.78, 5) is 44.6. The van der Waals surface area contributed by atoms with Gasteiger partial charge in [-0.3, -0.25) is 14.5 Å². The van der Waals surface area contributed by atoms with Gasteiger partial charge in [0.25, 0.3) is 0 Å². The Bertz CT molecular complexity index is 1030. The van der Waals surface area contributed by atoms with E-state index < -0.39 is 0 Å². The number of aromatic nitrogens is 3. The Kier molecular flexibility index (Phi) is 7.08. The molecule has 1 unspecified atom stereocenters. The lowest BCUT2D eigenvalue weighted by atomic mass is 9.99. The summed E-state index contributed by atoms with van der Waals surface area (Å²) in [6.45, 7) is 4.75. The van der Waals surface area contributed by atoms with Gasteiger partial charge in [0.2, 0.25) is 18.3 Å². The molecule has 1 aliphatic carbocycles. The van der Waals surface area contributed by atoms with E-state index in [4.69, 9.17) is 4.98 Å². The molecule has 35 heavy (non-hydrogen) atoms. The predicted molar refractivity (Wildman–Crippen MR) is 135 cm³/mol. The Hall–Kier alpha value is -3.27. The normalized spacial score (nSPS) is 21.2. The molecular formula is C25H34N8O2. The van der Waals surface area contributed by atoms with Crippen molar-refractivity contribution in [1.29, 1.82) is 0 Å². The van der Waals surface area contributed by atoms with E-state index in [1.54, 1.807) is 11.1 Å². The average molecular weight is 479 g/mol. The molecule has 0 bridgehead atoms.